The van der Waals surface area contributed by atoms with E-state index in [1.807, 2.05) is 0 Å². The van der Waals surface area contributed by atoms with Gasteiger partial charge in [0.2, 0.25) is 5.91 Å². The molecule has 2 fully saturated rings. The molecule has 92 valence electrons. The third-order valence-corrected chi connectivity index (χ3v) is 4.62. The summed E-state index contributed by atoms with van der Waals surface area (Å²) < 4.78 is 0. The first-order valence-electron chi connectivity index (χ1n) is 6.52. The average molecular weight is 224 g/mol. The first-order valence-corrected chi connectivity index (χ1v) is 6.52. The number of amides is 1. The minimum atomic E-state index is -0.168. The summed E-state index contributed by atoms with van der Waals surface area (Å²) in [7, 11) is 0. The smallest absolute Gasteiger partial charge is 0.228 e. The van der Waals surface area contributed by atoms with Gasteiger partial charge in [0.15, 0.2) is 0 Å². The highest BCUT2D eigenvalue weighted by Gasteiger charge is 2.46. The minimum absolute atomic E-state index is 0.0849. The zero-order valence-electron chi connectivity index (χ0n) is 10.7. The van der Waals surface area contributed by atoms with E-state index in [0.29, 0.717) is 5.92 Å². The van der Waals surface area contributed by atoms with Crippen molar-refractivity contribution in [3.05, 3.63) is 0 Å². The third-order valence-electron chi connectivity index (χ3n) is 4.62. The van der Waals surface area contributed by atoms with Crippen molar-refractivity contribution in [1.29, 1.82) is 0 Å². The van der Waals surface area contributed by atoms with Crippen LogP contribution < -0.4 is 10.6 Å². The molecule has 0 radical (unpaired) electrons. The molecule has 0 spiro atoms. The van der Waals surface area contributed by atoms with Crippen LogP contribution in [0.2, 0.25) is 0 Å². The van der Waals surface area contributed by atoms with Gasteiger partial charge in [0.05, 0.1) is 5.41 Å². The number of hydrogen-bond acceptors (Lipinski definition) is 2. The van der Waals surface area contributed by atoms with E-state index in [4.69, 9.17) is 0 Å². The van der Waals surface area contributed by atoms with E-state index < -0.39 is 0 Å². The fourth-order valence-electron chi connectivity index (χ4n) is 2.89. The lowest BCUT2D eigenvalue weighted by atomic mass is 9.73. The van der Waals surface area contributed by atoms with Crippen molar-refractivity contribution in [2.45, 2.75) is 52.0 Å². The summed E-state index contributed by atoms with van der Waals surface area (Å²) in [5.41, 5.74) is -0.0832. The zero-order chi connectivity index (χ0) is 11.8. The van der Waals surface area contributed by atoms with Gasteiger partial charge in [-0.05, 0) is 45.1 Å². The Morgan fingerprint density at radius 2 is 2.00 bits per heavy atom. The second-order valence-electron chi connectivity index (χ2n) is 6.11. The molecule has 3 heteroatoms. The zero-order valence-corrected chi connectivity index (χ0v) is 10.7. The summed E-state index contributed by atoms with van der Waals surface area (Å²) in [6.07, 6.45) is 4.51. The Bertz CT molecular complexity index is 276. The molecule has 1 amide bonds. The van der Waals surface area contributed by atoms with Crippen LogP contribution in [0.25, 0.3) is 0 Å². The Morgan fingerprint density at radius 1 is 1.31 bits per heavy atom. The van der Waals surface area contributed by atoms with Crippen molar-refractivity contribution in [3.8, 4) is 0 Å². The molecule has 0 aromatic rings. The van der Waals surface area contributed by atoms with Gasteiger partial charge in [-0.1, -0.05) is 13.8 Å². The first kappa shape index (κ1) is 11.9. The molecule has 2 rings (SSSR count). The molecule has 1 aliphatic carbocycles. The van der Waals surface area contributed by atoms with Gasteiger partial charge in [-0.2, -0.15) is 0 Å². The van der Waals surface area contributed by atoms with Crippen molar-refractivity contribution in [2.75, 3.05) is 13.1 Å². The maximum atomic E-state index is 12.5. The Hall–Kier alpha value is -0.570. The lowest BCUT2D eigenvalue weighted by Gasteiger charge is -2.43. The number of nitrogens with one attached hydrogen (secondary N) is 2. The summed E-state index contributed by atoms with van der Waals surface area (Å²) >= 11 is 0. The van der Waals surface area contributed by atoms with Gasteiger partial charge < -0.3 is 10.6 Å². The minimum Gasteiger partial charge on any atom is -0.350 e. The summed E-state index contributed by atoms with van der Waals surface area (Å²) in [6.45, 7) is 8.31. The van der Waals surface area contributed by atoms with Crippen molar-refractivity contribution in [1.82, 2.24) is 10.6 Å². The molecule has 1 unspecified atom stereocenters. The summed E-state index contributed by atoms with van der Waals surface area (Å²) in [4.78, 5) is 12.5. The van der Waals surface area contributed by atoms with Crippen LogP contribution in [-0.4, -0.2) is 24.5 Å². The van der Waals surface area contributed by atoms with Crippen LogP contribution in [-0.2, 0) is 4.79 Å². The van der Waals surface area contributed by atoms with Gasteiger partial charge in [0.1, 0.15) is 0 Å². The first-order chi connectivity index (χ1) is 7.49. The Kier molecular flexibility index (Phi) is 2.99. The maximum Gasteiger partial charge on any atom is 0.228 e. The highest BCUT2D eigenvalue weighted by Crippen LogP contribution is 2.37. The van der Waals surface area contributed by atoms with Crippen molar-refractivity contribution in [2.24, 2.45) is 11.3 Å². The molecule has 1 saturated heterocycles. The molecule has 0 aromatic heterocycles. The highest BCUT2D eigenvalue weighted by molar-refractivity contribution is 5.84. The van der Waals surface area contributed by atoms with Crippen LogP contribution in [0.5, 0.6) is 0 Å². The van der Waals surface area contributed by atoms with E-state index in [-0.39, 0.29) is 16.9 Å². The summed E-state index contributed by atoms with van der Waals surface area (Å²) in [5, 5.41) is 6.61. The van der Waals surface area contributed by atoms with Crippen LogP contribution in [0.3, 0.4) is 0 Å². The molecule has 2 aliphatic rings. The highest BCUT2D eigenvalue weighted by atomic mass is 16.2. The fourth-order valence-corrected chi connectivity index (χ4v) is 2.89. The molecule has 1 atom stereocenters. The molecule has 3 nitrogen and oxygen atoms in total. The van der Waals surface area contributed by atoms with Crippen LogP contribution in [0.15, 0.2) is 0 Å². The SMILES string of the molecule is CC(C)C1(C(=O)NC2(C)CCC2)CCNC1. The fraction of sp³-hybridized carbons (Fsp3) is 0.923. The molecular weight excluding hydrogens is 200 g/mol. The van der Waals surface area contributed by atoms with Crippen molar-refractivity contribution >= 4 is 5.91 Å². The molecule has 2 N–H and O–H groups in total. The third kappa shape index (κ3) is 1.86. The van der Waals surface area contributed by atoms with Gasteiger partial charge in [-0.25, -0.2) is 0 Å². The summed E-state index contributed by atoms with van der Waals surface area (Å²) in [5.74, 6) is 0.681. The van der Waals surface area contributed by atoms with Crippen LogP contribution >= 0.6 is 0 Å². The Morgan fingerprint density at radius 3 is 2.38 bits per heavy atom. The topological polar surface area (TPSA) is 41.1 Å². The number of hydrogen-bond donors (Lipinski definition) is 2. The van der Waals surface area contributed by atoms with Gasteiger partial charge in [0.25, 0.3) is 0 Å². The summed E-state index contributed by atoms with van der Waals surface area (Å²) in [6, 6.07) is 0. The van der Waals surface area contributed by atoms with Gasteiger partial charge in [-0.3, -0.25) is 4.79 Å². The van der Waals surface area contributed by atoms with Gasteiger partial charge in [-0.15, -0.1) is 0 Å². The molecule has 1 aliphatic heterocycles. The van der Waals surface area contributed by atoms with Crippen LogP contribution in [0.4, 0.5) is 0 Å². The largest absolute Gasteiger partial charge is 0.350 e. The second kappa shape index (κ2) is 4.02. The Balaban J connectivity index is 2.06. The molecule has 0 aromatic carbocycles. The van der Waals surface area contributed by atoms with E-state index in [1.165, 1.54) is 6.42 Å². The lowest BCUT2D eigenvalue weighted by molar-refractivity contribution is -0.135. The van der Waals surface area contributed by atoms with E-state index in [9.17, 15) is 4.79 Å². The molecule has 1 heterocycles. The van der Waals surface area contributed by atoms with Crippen molar-refractivity contribution in [3.63, 3.8) is 0 Å². The molecule has 16 heavy (non-hydrogen) atoms. The normalized spacial score (nSPS) is 32.5. The number of rotatable bonds is 3. The monoisotopic (exact) mass is 224 g/mol. The predicted octanol–water partition coefficient (Wildman–Crippen LogP) is 1.68. The number of carbonyl (C=O) groups is 1. The van der Waals surface area contributed by atoms with E-state index >= 15 is 0 Å². The van der Waals surface area contributed by atoms with E-state index in [0.717, 1.165) is 32.4 Å². The van der Waals surface area contributed by atoms with Gasteiger partial charge in [0, 0.05) is 12.1 Å². The van der Waals surface area contributed by atoms with E-state index in [2.05, 4.69) is 31.4 Å². The molecule has 0 bridgehead atoms. The number of carbonyl (C=O) groups excluding carboxylic acids is 1. The molecule has 1 saturated carbocycles. The van der Waals surface area contributed by atoms with Crippen molar-refractivity contribution < 1.29 is 4.79 Å². The van der Waals surface area contributed by atoms with E-state index in [1.54, 1.807) is 0 Å². The lowest BCUT2D eigenvalue weighted by Crippen LogP contribution is -2.57. The maximum absolute atomic E-state index is 12.5. The standard InChI is InChI=1S/C13H24N2O/c1-10(2)13(7-8-14-9-13)11(16)15-12(3)5-4-6-12/h10,14H,4-9H2,1-3H3,(H,15,16). The molecular formula is C13H24N2O. The van der Waals surface area contributed by atoms with Crippen LogP contribution in [0, 0.1) is 11.3 Å². The predicted molar refractivity (Wildman–Crippen MR) is 65.2 cm³/mol. The van der Waals surface area contributed by atoms with Gasteiger partial charge >= 0.3 is 0 Å². The van der Waals surface area contributed by atoms with Crippen LogP contribution in [0.1, 0.15) is 46.5 Å². The Labute approximate surface area is 98.4 Å². The average Bonchev–Trinajstić information content (AvgIpc) is 2.64. The second-order valence-corrected chi connectivity index (χ2v) is 6.11. The quantitative estimate of drug-likeness (QED) is 0.766.